The van der Waals surface area contributed by atoms with Gasteiger partial charge in [0.25, 0.3) is 0 Å². The standard InChI is InChI=1S/C18H18O3/c19-18(20)15-7-5-13(6-8-15)14-9-11-17(12-10-14)21-16-3-1-2-4-16/h5-12,16H,1-4H2,(H,19,20). The summed E-state index contributed by atoms with van der Waals surface area (Å²) in [5.41, 5.74) is 2.37. The van der Waals surface area contributed by atoms with E-state index in [1.165, 1.54) is 12.8 Å². The molecule has 108 valence electrons. The summed E-state index contributed by atoms with van der Waals surface area (Å²) in [5.74, 6) is 0.00895. The van der Waals surface area contributed by atoms with Crippen molar-refractivity contribution in [2.75, 3.05) is 0 Å². The monoisotopic (exact) mass is 282 g/mol. The van der Waals surface area contributed by atoms with Gasteiger partial charge in [-0.3, -0.25) is 0 Å². The van der Waals surface area contributed by atoms with Crippen LogP contribution >= 0.6 is 0 Å². The Bertz CT molecular complexity index is 608. The largest absolute Gasteiger partial charge is 0.490 e. The lowest BCUT2D eigenvalue weighted by atomic mass is 10.0. The fraction of sp³-hybridized carbons (Fsp3) is 0.278. The summed E-state index contributed by atoms with van der Waals surface area (Å²) in [4.78, 5) is 10.8. The van der Waals surface area contributed by atoms with Gasteiger partial charge in [-0.2, -0.15) is 0 Å². The highest BCUT2D eigenvalue weighted by Gasteiger charge is 2.16. The van der Waals surface area contributed by atoms with Crippen molar-refractivity contribution in [3.05, 3.63) is 54.1 Å². The lowest BCUT2D eigenvalue weighted by Crippen LogP contribution is -2.10. The second-order valence-electron chi connectivity index (χ2n) is 5.43. The van der Waals surface area contributed by atoms with E-state index in [0.29, 0.717) is 11.7 Å². The Morgan fingerprint density at radius 3 is 1.95 bits per heavy atom. The van der Waals surface area contributed by atoms with Crippen LogP contribution in [0.25, 0.3) is 11.1 Å². The second kappa shape index (κ2) is 6.00. The number of rotatable bonds is 4. The van der Waals surface area contributed by atoms with Crippen LogP contribution in [0.3, 0.4) is 0 Å². The highest BCUT2D eigenvalue weighted by atomic mass is 16.5. The molecular formula is C18H18O3. The fourth-order valence-corrected chi connectivity index (χ4v) is 2.73. The summed E-state index contributed by atoms with van der Waals surface area (Å²) < 4.78 is 5.94. The maximum Gasteiger partial charge on any atom is 0.335 e. The van der Waals surface area contributed by atoms with Gasteiger partial charge in [-0.25, -0.2) is 4.79 Å². The van der Waals surface area contributed by atoms with Gasteiger partial charge in [-0.1, -0.05) is 24.3 Å². The van der Waals surface area contributed by atoms with Crippen LogP contribution < -0.4 is 4.74 Å². The highest BCUT2D eigenvalue weighted by Crippen LogP contribution is 2.27. The topological polar surface area (TPSA) is 46.5 Å². The van der Waals surface area contributed by atoms with Crippen molar-refractivity contribution in [3.63, 3.8) is 0 Å². The summed E-state index contributed by atoms with van der Waals surface area (Å²) in [7, 11) is 0. The van der Waals surface area contributed by atoms with Crippen molar-refractivity contribution in [2.45, 2.75) is 31.8 Å². The molecule has 1 fully saturated rings. The molecule has 1 aliphatic carbocycles. The Morgan fingerprint density at radius 2 is 1.43 bits per heavy atom. The third-order valence-electron chi connectivity index (χ3n) is 3.92. The summed E-state index contributed by atoms with van der Waals surface area (Å²) in [6.45, 7) is 0. The molecule has 1 N–H and O–H groups in total. The molecule has 21 heavy (non-hydrogen) atoms. The molecule has 0 aliphatic heterocycles. The molecule has 0 atom stereocenters. The van der Waals surface area contributed by atoms with E-state index < -0.39 is 5.97 Å². The first-order valence-corrected chi connectivity index (χ1v) is 7.33. The average molecular weight is 282 g/mol. The molecular weight excluding hydrogens is 264 g/mol. The first-order chi connectivity index (χ1) is 10.2. The Hall–Kier alpha value is -2.29. The quantitative estimate of drug-likeness (QED) is 0.905. The van der Waals surface area contributed by atoms with E-state index in [4.69, 9.17) is 9.84 Å². The van der Waals surface area contributed by atoms with Gasteiger partial charge in [0.1, 0.15) is 5.75 Å². The van der Waals surface area contributed by atoms with Crippen LogP contribution in [0, 0.1) is 0 Å². The summed E-state index contributed by atoms with van der Waals surface area (Å²) in [6.07, 6.45) is 5.19. The molecule has 1 saturated carbocycles. The summed E-state index contributed by atoms with van der Waals surface area (Å²) in [6, 6.07) is 14.9. The van der Waals surface area contributed by atoms with Gasteiger partial charge < -0.3 is 9.84 Å². The zero-order chi connectivity index (χ0) is 14.7. The molecule has 0 unspecified atom stereocenters. The first kappa shape index (κ1) is 13.7. The van der Waals surface area contributed by atoms with Crippen LogP contribution in [-0.2, 0) is 0 Å². The molecule has 0 aromatic heterocycles. The van der Waals surface area contributed by atoms with Crippen molar-refractivity contribution in [3.8, 4) is 16.9 Å². The smallest absolute Gasteiger partial charge is 0.335 e. The van der Waals surface area contributed by atoms with Gasteiger partial charge in [-0.05, 0) is 61.1 Å². The average Bonchev–Trinajstić information content (AvgIpc) is 3.01. The van der Waals surface area contributed by atoms with E-state index in [-0.39, 0.29) is 0 Å². The van der Waals surface area contributed by atoms with Crippen LogP contribution in [0.4, 0.5) is 0 Å². The zero-order valence-corrected chi connectivity index (χ0v) is 11.8. The number of ether oxygens (including phenoxy) is 1. The maximum atomic E-state index is 10.8. The lowest BCUT2D eigenvalue weighted by molar-refractivity contribution is 0.0697. The van der Waals surface area contributed by atoms with Crippen LogP contribution in [0.2, 0.25) is 0 Å². The van der Waals surface area contributed by atoms with Gasteiger partial charge in [0.15, 0.2) is 0 Å². The molecule has 3 rings (SSSR count). The third kappa shape index (κ3) is 3.24. The normalized spacial score (nSPS) is 15.0. The molecule has 0 amide bonds. The number of hydrogen-bond acceptors (Lipinski definition) is 2. The van der Waals surface area contributed by atoms with Crippen molar-refractivity contribution in [1.29, 1.82) is 0 Å². The number of hydrogen-bond donors (Lipinski definition) is 1. The van der Waals surface area contributed by atoms with Crippen molar-refractivity contribution in [1.82, 2.24) is 0 Å². The minimum atomic E-state index is -0.901. The third-order valence-corrected chi connectivity index (χ3v) is 3.92. The Balaban J connectivity index is 1.72. The molecule has 2 aromatic carbocycles. The molecule has 1 aliphatic rings. The summed E-state index contributed by atoms with van der Waals surface area (Å²) >= 11 is 0. The van der Waals surface area contributed by atoms with Crippen molar-refractivity contribution >= 4 is 5.97 Å². The molecule has 0 radical (unpaired) electrons. The zero-order valence-electron chi connectivity index (χ0n) is 11.8. The Kier molecular flexibility index (Phi) is 3.91. The number of carbonyl (C=O) groups is 1. The number of carboxylic acids is 1. The van der Waals surface area contributed by atoms with Gasteiger partial charge >= 0.3 is 5.97 Å². The van der Waals surface area contributed by atoms with Crippen LogP contribution in [0.5, 0.6) is 5.75 Å². The Morgan fingerprint density at radius 1 is 0.905 bits per heavy atom. The minimum Gasteiger partial charge on any atom is -0.490 e. The van der Waals surface area contributed by atoms with E-state index in [2.05, 4.69) is 0 Å². The van der Waals surface area contributed by atoms with Gasteiger partial charge in [-0.15, -0.1) is 0 Å². The minimum absolute atomic E-state index is 0.305. The van der Waals surface area contributed by atoms with Crippen LogP contribution in [0.15, 0.2) is 48.5 Å². The maximum absolute atomic E-state index is 10.8. The van der Waals surface area contributed by atoms with E-state index in [9.17, 15) is 4.79 Å². The molecule has 0 saturated heterocycles. The highest BCUT2D eigenvalue weighted by molar-refractivity contribution is 5.88. The Labute approximate surface area is 124 Å². The van der Waals surface area contributed by atoms with Gasteiger partial charge in [0.2, 0.25) is 0 Å². The van der Waals surface area contributed by atoms with E-state index in [1.54, 1.807) is 12.1 Å². The number of aromatic carboxylic acids is 1. The van der Waals surface area contributed by atoms with Crippen LogP contribution in [0.1, 0.15) is 36.0 Å². The molecule has 0 spiro atoms. The summed E-state index contributed by atoms with van der Waals surface area (Å²) in [5, 5.41) is 8.90. The molecule has 0 heterocycles. The van der Waals surface area contributed by atoms with Crippen molar-refractivity contribution in [2.24, 2.45) is 0 Å². The lowest BCUT2D eigenvalue weighted by Gasteiger charge is -2.13. The fourth-order valence-electron chi connectivity index (χ4n) is 2.73. The SMILES string of the molecule is O=C(O)c1ccc(-c2ccc(OC3CCCC3)cc2)cc1. The molecule has 3 nitrogen and oxygen atoms in total. The van der Waals surface area contributed by atoms with Gasteiger partial charge in [0, 0.05) is 0 Å². The van der Waals surface area contributed by atoms with E-state index in [0.717, 1.165) is 29.7 Å². The van der Waals surface area contributed by atoms with Crippen LogP contribution in [-0.4, -0.2) is 17.2 Å². The van der Waals surface area contributed by atoms with Gasteiger partial charge in [0.05, 0.1) is 11.7 Å². The number of carboxylic acid groups (broad SMARTS) is 1. The first-order valence-electron chi connectivity index (χ1n) is 7.33. The van der Waals surface area contributed by atoms with Crippen molar-refractivity contribution < 1.29 is 14.6 Å². The second-order valence-corrected chi connectivity index (χ2v) is 5.43. The predicted octanol–water partition coefficient (Wildman–Crippen LogP) is 4.37. The molecule has 2 aromatic rings. The molecule has 0 bridgehead atoms. The molecule has 3 heteroatoms. The number of benzene rings is 2. The van der Waals surface area contributed by atoms with E-state index in [1.807, 2.05) is 36.4 Å². The van der Waals surface area contributed by atoms with E-state index >= 15 is 0 Å². The predicted molar refractivity (Wildman–Crippen MR) is 81.7 cm³/mol.